The molecule has 0 bridgehead atoms. The topological polar surface area (TPSA) is 91.4 Å². The third-order valence-corrected chi connectivity index (χ3v) is 3.39. The molecular weight excluding hydrogens is 329 g/mol. The number of fused-ring (bicyclic) bond motifs is 1. The first-order chi connectivity index (χ1) is 11.2. The van der Waals surface area contributed by atoms with Gasteiger partial charge in [-0.05, 0) is 23.8 Å². The van der Waals surface area contributed by atoms with Crippen LogP contribution >= 0.6 is 0 Å². The van der Waals surface area contributed by atoms with Crippen molar-refractivity contribution in [3.63, 3.8) is 0 Å². The van der Waals surface area contributed by atoms with E-state index in [1.165, 1.54) is 7.11 Å². The predicted molar refractivity (Wildman–Crippen MR) is 78.8 cm³/mol. The van der Waals surface area contributed by atoms with E-state index in [1.807, 2.05) is 5.32 Å². The van der Waals surface area contributed by atoms with Crippen LogP contribution in [0.25, 0.3) is 10.9 Å². The minimum absolute atomic E-state index is 0.255. The Labute approximate surface area is 134 Å². The zero-order valence-electron chi connectivity index (χ0n) is 12.6. The van der Waals surface area contributed by atoms with Gasteiger partial charge < -0.3 is 20.1 Å². The predicted octanol–water partition coefficient (Wildman–Crippen LogP) is 2.24. The van der Waals surface area contributed by atoms with Gasteiger partial charge in [0.05, 0.1) is 20.0 Å². The molecule has 1 aromatic heterocycles. The van der Waals surface area contributed by atoms with Gasteiger partial charge in [0.1, 0.15) is 11.8 Å². The van der Waals surface area contributed by atoms with Crippen LogP contribution in [0.1, 0.15) is 12.0 Å². The van der Waals surface area contributed by atoms with Crippen LogP contribution in [0.15, 0.2) is 24.4 Å². The summed E-state index contributed by atoms with van der Waals surface area (Å²) in [6.45, 7) is 0. The van der Waals surface area contributed by atoms with Crippen LogP contribution in [0.4, 0.5) is 13.2 Å². The maximum atomic E-state index is 12.4. The lowest BCUT2D eigenvalue weighted by Crippen LogP contribution is -2.44. The van der Waals surface area contributed by atoms with Crippen LogP contribution in [0.5, 0.6) is 5.75 Å². The van der Waals surface area contributed by atoms with E-state index in [0.717, 1.165) is 5.52 Å². The third-order valence-electron chi connectivity index (χ3n) is 3.39. The molecule has 1 aromatic carbocycles. The smallest absolute Gasteiger partial charge is 0.391 e. The van der Waals surface area contributed by atoms with E-state index in [9.17, 15) is 22.8 Å². The van der Waals surface area contributed by atoms with Gasteiger partial charge in [0.25, 0.3) is 0 Å². The number of aromatic nitrogens is 1. The number of carboxylic acids is 1. The van der Waals surface area contributed by atoms with E-state index in [1.54, 1.807) is 24.4 Å². The second-order valence-corrected chi connectivity index (χ2v) is 5.18. The summed E-state index contributed by atoms with van der Waals surface area (Å²) in [7, 11) is 1.48. The number of aliphatic carboxylic acids is 1. The van der Waals surface area contributed by atoms with E-state index in [2.05, 4.69) is 4.98 Å². The number of methoxy groups -OCH3 is 1. The molecule has 0 aliphatic rings. The lowest BCUT2D eigenvalue weighted by Gasteiger charge is -2.16. The van der Waals surface area contributed by atoms with Crippen molar-refractivity contribution in [2.75, 3.05) is 7.11 Å². The van der Waals surface area contributed by atoms with Gasteiger partial charge in [0.2, 0.25) is 5.91 Å². The standard InChI is InChI=1S/C15H15F3N2O4/c1-24-9-2-3-11-10(5-9)8(7-19-11)4-13(21)20-12(14(22)23)6-15(16,17)18/h2-3,5,7,12,19H,4,6H2,1H3,(H,20,21)(H,22,23). The summed E-state index contributed by atoms with van der Waals surface area (Å²) in [5.41, 5.74) is 1.25. The van der Waals surface area contributed by atoms with Crippen molar-refractivity contribution in [1.29, 1.82) is 0 Å². The molecule has 24 heavy (non-hydrogen) atoms. The van der Waals surface area contributed by atoms with Gasteiger partial charge >= 0.3 is 12.1 Å². The number of amides is 1. The first-order valence-corrected chi connectivity index (χ1v) is 6.92. The molecule has 6 nitrogen and oxygen atoms in total. The van der Waals surface area contributed by atoms with E-state index >= 15 is 0 Å². The SMILES string of the molecule is COc1ccc2[nH]cc(CC(=O)NC(CC(F)(F)F)C(=O)O)c2c1. The Morgan fingerprint density at radius 1 is 1.38 bits per heavy atom. The fourth-order valence-corrected chi connectivity index (χ4v) is 2.28. The fourth-order valence-electron chi connectivity index (χ4n) is 2.28. The van der Waals surface area contributed by atoms with Crippen LogP contribution in [0, 0.1) is 0 Å². The number of carboxylic acid groups (broad SMARTS) is 1. The summed E-state index contributed by atoms with van der Waals surface area (Å²) < 4.78 is 42.1. The van der Waals surface area contributed by atoms with Gasteiger partial charge in [0, 0.05) is 17.1 Å². The Morgan fingerprint density at radius 3 is 2.67 bits per heavy atom. The highest BCUT2D eigenvalue weighted by molar-refractivity contribution is 5.91. The largest absolute Gasteiger partial charge is 0.497 e. The average molecular weight is 344 g/mol. The second kappa shape index (κ2) is 6.81. The van der Waals surface area contributed by atoms with E-state index in [4.69, 9.17) is 9.84 Å². The Bertz CT molecular complexity index is 755. The quantitative estimate of drug-likeness (QED) is 0.749. The van der Waals surface area contributed by atoms with Crippen LogP contribution in [-0.4, -0.2) is 41.3 Å². The molecule has 0 spiro atoms. The molecule has 1 amide bonds. The van der Waals surface area contributed by atoms with E-state index in [-0.39, 0.29) is 6.42 Å². The Kier molecular flexibility index (Phi) is 5.01. The highest BCUT2D eigenvalue weighted by Gasteiger charge is 2.36. The van der Waals surface area contributed by atoms with Crippen molar-refractivity contribution in [2.24, 2.45) is 0 Å². The van der Waals surface area contributed by atoms with Gasteiger partial charge in [0.15, 0.2) is 0 Å². The zero-order valence-corrected chi connectivity index (χ0v) is 12.6. The number of H-pyrrole nitrogens is 1. The summed E-state index contributed by atoms with van der Waals surface area (Å²) in [5, 5.41) is 11.4. The van der Waals surface area contributed by atoms with E-state index < -0.39 is 30.5 Å². The van der Waals surface area contributed by atoms with Crippen molar-refractivity contribution in [3.8, 4) is 5.75 Å². The molecule has 3 N–H and O–H groups in total. The average Bonchev–Trinajstić information content (AvgIpc) is 2.87. The number of benzene rings is 1. The number of carbonyl (C=O) groups is 2. The van der Waals surface area contributed by atoms with Crippen LogP contribution in [0.2, 0.25) is 0 Å². The van der Waals surface area contributed by atoms with Gasteiger partial charge in [-0.1, -0.05) is 0 Å². The summed E-state index contributed by atoms with van der Waals surface area (Å²) in [5.74, 6) is -1.99. The summed E-state index contributed by atoms with van der Waals surface area (Å²) >= 11 is 0. The Balaban J connectivity index is 2.12. The molecular formula is C15H15F3N2O4. The molecule has 2 rings (SSSR count). The number of hydrogen-bond donors (Lipinski definition) is 3. The summed E-state index contributed by atoms with van der Waals surface area (Å²) in [6, 6.07) is 3.11. The zero-order chi connectivity index (χ0) is 17.9. The number of halogens is 3. The fraction of sp³-hybridized carbons (Fsp3) is 0.333. The number of ether oxygens (including phenoxy) is 1. The minimum Gasteiger partial charge on any atom is -0.497 e. The second-order valence-electron chi connectivity index (χ2n) is 5.18. The van der Waals surface area contributed by atoms with Crippen LogP contribution in [-0.2, 0) is 16.0 Å². The molecule has 0 saturated heterocycles. The maximum Gasteiger partial charge on any atom is 0.391 e. The molecule has 0 aliphatic carbocycles. The lowest BCUT2D eigenvalue weighted by atomic mass is 10.1. The molecule has 0 radical (unpaired) electrons. The number of aromatic amines is 1. The highest BCUT2D eigenvalue weighted by atomic mass is 19.4. The molecule has 130 valence electrons. The van der Waals surface area contributed by atoms with Crippen molar-refractivity contribution >= 4 is 22.8 Å². The number of rotatable bonds is 6. The number of hydrogen-bond acceptors (Lipinski definition) is 3. The minimum atomic E-state index is -4.69. The van der Waals surface area contributed by atoms with Crippen molar-refractivity contribution in [2.45, 2.75) is 25.1 Å². The molecule has 0 saturated carbocycles. The number of nitrogens with one attached hydrogen (secondary N) is 2. The van der Waals surface area contributed by atoms with Crippen molar-refractivity contribution in [3.05, 3.63) is 30.0 Å². The highest BCUT2D eigenvalue weighted by Crippen LogP contribution is 2.24. The Hall–Kier alpha value is -2.71. The maximum absolute atomic E-state index is 12.4. The summed E-state index contributed by atoms with van der Waals surface area (Å²) in [6.07, 6.45) is -5.03. The molecule has 1 heterocycles. The molecule has 0 aliphatic heterocycles. The monoisotopic (exact) mass is 344 g/mol. The summed E-state index contributed by atoms with van der Waals surface area (Å²) in [4.78, 5) is 25.7. The van der Waals surface area contributed by atoms with Crippen LogP contribution < -0.4 is 10.1 Å². The lowest BCUT2D eigenvalue weighted by molar-refractivity contribution is -0.159. The number of alkyl halides is 3. The Morgan fingerprint density at radius 2 is 2.08 bits per heavy atom. The van der Waals surface area contributed by atoms with Gasteiger partial charge in [-0.25, -0.2) is 4.79 Å². The van der Waals surface area contributed by atoms with Gasteiger partial charge in [-0.2, -0.15) is 13.2 Å². The molecule has 2 aromatic rings. The van der Waals surface area contributed by atoms with Crippen molar-refractivity contribution < 1.29 is 32.6 Å². The normalized spacial score (nSPS) is 12.8. The first kappa shape index (κ1) is 17.6. The van der Waals surface area contributed by atoms with Crippen LogP contribution in [0.3, 0.4) is 0 Å². The van der Waals surface area contributed by atoms with Gasteiger partial charge in [-0.3, -0.25) is 4.79 Å². The molecule has 1 atom stereocenters. The number of carbonyl (C=O) groups excluding carboxylic acids is 1. The first-order valence-electron chi connectivity index (χ1n) is 6.92. The molecule has 9 heteroatoms. The van der Waals surface area contributed by atoms with Gasteiger partial charge in [-0.15, -0.1) is 0 Å². The van der Waals surface area contributed by atoms with Crippen molar-refractivity contribution in [1.82, 2.24) is 10.3 Å². The molecule has 0 fully saturated rings. The van der Waals surface area contributed by atoms with E-state index in [0.29, 0.717) is 16.7 Å². The third kappa shape index (κ3) is 4.40. The molecule has 1 unspecified atom stereocenters.